The second-order valence-corrected chi connectivity index (χ2v) is 1.86. The molecular weight excluding hydrogens is 178 g/mol. The second kappa shape index (κ2) is 4.64. The van der Waals surface area contributed by atoms with Gasteiger partial charge in [0.15, 0.2) is 11.5 Å². The molecule has 4 heteroatoms. The van der Waals surface area contributed by atoms with E-state index in [2.05, 4.69) is 22.6 Å². The lowest BCUT2D eigenvalue weighted by atomic mass is 10.4. The summed E-state index contributed by atoms with van der Waals surface area (Å²) in [6, 6.07) is 0. The lowest BCUT2D eigenvalue weighted by Gasteiger charge is -2.02. The van der Waals surface area contributed by atoms with Gasteiger partial charge < -0.3 is 9.47 Å². The van der Waals surface area contributed by atoms with Gasteiger partial charge in [-0.05, 0) is 6.08 Å². The Hall–Kier alpha value is -1.32. The molecule has 1 heterocycles. The van der Waals surface area contributed by atoms with Gasteiger partial charge in [-0.15, -0.1) is 8.78 Å². The average molecular weight is 190 g/mol. The Morgan fingerprint density at radius 3 is 2.15 bits per heavy atom. The van der Waals surface area contributed by atoms with Gasteiger partial charge in [0.25, 0.3) is 0 Å². The first kappa shape index (κ1) is 11.7. The molecule has 0 saturated carbocycles. The fraction of sp³-hybridized carbons (Fsp3) is 0.333. The van der Waals surface area contributed by atoms with Gasteiger partial charge in [0.1, 0.15) is 0 Å². The standard InChI is InChI=1S/C7H6F2O2.C2H6/c1-3-4-6-5(2)10-7(8,9)11-6;1-2/h3-4H,1-2H2;1-2H3/b6-4+;. The topological polar surface area (TPSA) is 18.5 Å². The Labute approximate surface area is 76.1 Å². The fourth-order valence-electron chi connectivity index (χ4n) is 0.633. The summed E-state index contributed by atoms with van der Waals surface area (Å²) < 4.78 is 32.4. The molecule has 0 amide bonds. The predicted molar refractivity (Wildman–Crippen MR) is 45.9 cm³/mol. The molecule has 0 N–H and O–H groups in total. The van der Waals surface area contributed by atoms with Crippen molar-refractivity contribution < 1.29 is 18.3 Å². The van der Waals surface area contributed by atoms with Gasteiger partial charge in [-0.25, -0.2) is 0 Å². The first-order chi connectivity index (χ1) is 6.05. The molecule has 1 fully saturated rings. The van der Waals surface area contributed by atoms with Crippen LogP contribution in [0.15, 0.2) is 36.8 Å². The third-order valence-corrected chi connectivity index (χ3v) is 1.01. The maximum absolute atomic E-state index is 12.2. The van der Waals surface area contributed by atoms with Crippen LogP contribution in [0.3, 0.4) is 0 Å². The Morgan fingerprint density at radius 1 is 1.31 bits per heavy atom. The minimum atomic E-state index is -3.58. The summed E-state index contributed by atoms with van der Waals surface area (Å²) in [5, 5.41) is 0. The van der Waals surface area contributed by atoms with Crippen LogP contribution in [0.5, 0.6) is 0 Å². The van der Waals surface area contributed by atoms with E-state index in [-0.39, 0.29) is 11.5 Å². The van der Waals surface area contributed by atoms with Crippen molar-refractivity contribution >= 4 is 0 Å². The molecular formula is C9H12F2O2. The van der Waals surface area contributed by atoms with E-state index in [0.29, 0.717) is 0 Å². The summed E-state index contributed by atoms with van der Waals surface area (Å²) in [6.07, 6.45) is -1.01. The Bertz CT molecular complexity index is 232. The molecule has 0 aromatic rings. The Balaban J connectivity index is 0.000000671. The molecule has 1 aliphatic heterocycles. The number of hydrogen-bond donors (Lipinski definition) is 0. The van der Waals surface area contributed by atoms with Gasteiger partial charge >= 0.3 is 6.29 Å². The average Bonchev–Trinajstić information content (AvgIpc) is 2.30. The molecule has 0 spiro atoms. The quantitative estimate of drug-likeness (QED) is 0.632. The third kappa shape index (κ3) is 3.27. The zero-order chi connectivity index (χ0) is 10.5. The molecule has 1 aliphatic rings. The Kier molecular flexibility index (Phi) is 4.17. The van der Waals surface area contributed by atoms with Crippen molar-refractivity contribution in [2.24, 2.45) is 0 Å². The van der Waals surface area contributed by atoms with E-state index in [0.717, 1.165) is 0 Å². The minimum Gasteiger partial charge on any atom is -0.396 e. The van der Waals surface area contributed by atoms with Gasteiger partial charge in [-0.3, -0.25) is 0 Å². The van der Waals surface area contributed by atoms with Gasteiger partial charge in [-0.2, -0.15) is 0 Å². The van der Waals surface area contributed by atoms with E-state index in [1.165, 1.54) is 12.2 Å². The highest BCUT2D eigenvalue weighted by molar-refractivity contribution is 5.23. The maximum Gasteiger partial charge on any atom is 0.586 e. The molecule has 0 unspecified atom stereocenters. The van der Waals surface area contributed by atoms with E-state index in [1.807, 2.05) is 13.8 Å². The van der Waals surface area contributed by atoms with E-state index in [1.54, 1.807) is 0 Å². The van der Waals surface area contributed by atoms with Crippen molar-refractivity contribution in [3.05, 3.63) is 36.8 Å². The lowest BCUT2D eigenvalue weighted by molar-refractivity contribution is -0.326. The van der Waals surface area contributed by atoms with E-state index >= 15 is 0 Å². The summed E-state index contributed by atoms with van der Waals surface area (Å²) in [5.41, 5.74) is 0. The predicted octanol–water partition coefficient (Wildman–Crippen LogP) is 3.19. The van der Waals surface area contributed by atoms with Gasteiger partial charge in [0.2, 0.25) is 0 Å². The molecule has 0 bridgehead atoms. The normalized spacial score (nSPS) is 21.2. The van der Waals surface area contributed by atoms with Crippen molar-refractivity contribution in [3.63, 3.8) is 0 Å². The van der Waals surface area contributed by atoms with E-state index < -0.39 is 6.29 Å². The molecule has 0 radical (unpaired) electrons. The highest BCUT2D eigenvalue weighted by atomic mass is 19.3. The lowest BCUT2D eigenvalue weighted by Crippen LogP contribution is -2.14. The summed E-state index contributed by atoms with van der Waals surface area (Å²) >= 11 is 0. The van der Waals surface area contributed by atoms with E-state index in [4.69, 9.17) is 0 Å². The van der Waals surface area contributed by atoms with Crippen LogP contribution in [-0.2, 0) is 9.47 Å². The summed E-state index contributed by atoms with van der Waals surface area (Å²) in [6.45, 7) is 10.5. The summed E-state index contributed by atoms with van der Waals surface area (Å²) in [4.78, 5) is 0. The molecule has 74 valence electrons. The smallest absolute Gasteiger partial charge is 0.396 e. The molecule has 0 aliphatic carbocycles. The number of rotatable bonds is 1. The van der Waals surface area contributed by atoms with Crippen molar-refractivity contribution in [1.29, 1.82) is 0 Å². The van der Waals surface area contributed by atoms with Crippen LogP contribution in [-0.4, -0.2) is 6.29 Å². The second-order valence-electron chi connectivity index (χ2n) is 1.86. The largest absolute Gasteiger partial charge is 0.586 e. The highest BCUT2D eigenvalue weighted by Crippen LogP contribution is 2.35. The SMILES string of the molecule is C=C/C=C1/OC(F)(F)OC1=C.CC. The molecule has 0 aromatic carbocycles. The van der Waals surface area contributed by atoms with Crippen LogP contribution in [0.25, 0.3) is 0 Å². The van der Waals surface area contributed by atoms with Crippen LogP contribution in [0.4, 0.5) is 8.78 Å². The van der Waals surface area contributed by atoms with Gasteiger partial charge in [0.05, 0.1) is 0 Å². The van der Waals surface area contributed by atoms with Crippen LogP contribution in [0, 0.1) is 0 Å². The molecule has 1 saturated heterocycles. The van der Waals surface area contributed by atoms with Crippen molar-refractivity contribution in [3.8, 4) is 0 Å². The van der Waals surface area contributed by atoms with E-state index in [9.17, 15) is 8.78 Å². The molecule has 0 aromatic heterocycles. The number of hydrogen-bond acceptors (Lipinski definition) is 2. The molecule has 1 rings (SSSR count). The first-order valence-electron chi connectivity index (χ1n) is 3.83. The van der Waals surface area contributed by atoms with Crippen LogP contribution in [0.2, 0.25) is 0 Å². The Morgan fingerprint density at radius 2 is 1.85 bits per heavy atom. The van der Waals surface area contributed by atoms with Crippen molar-refractivity contribution in [2.75, 3.05) is 0 Å². The number of ether oxygens (including phenoxy) is 2. The number of halogens is 2. The third-order valence-electron chi connectivity index (χ3n) is 1.01. The zero-order valence-corrected chi connectivity index (χ0v) is 7.64. The number of allylic oxidation sites excluding steroid dienone is 2. The maximum atomic E-state index is 12.2. The molecule has 2 nitrogen and oxygen atoms in total. The van der Waals surface area contributed by atoms with Gasteiger partial charge in [0, 0.05) is 0 Å². The van der Waals surface area contributed by atoms with Gasteiger partial charge in [-0.1, -0.05) is 33.1 Å². The van der Waals surface area contributed by atoms with Crippen LogP contribution >= 0.6 is 0 Å². The van der Waals surface area contributed by atoms with Crippen molar-refractivity contribution in [1.82, 2.24) is 0 Å². The minimum absolute atomic E-state index is 0.0926. The van der Waals surface area contributed by atoms with Crippen LogP contribution in [0.1, 0.15) is 13.8 Å². The fourth-order valence-corrected chi connectivity index (χ4v) is 0.633. The summed E-state index contributed by atoms with van der Waals surface area (Å²) in [5.74, 6) is -0.278. The summed E-state index contributed by atoms with van der Waals surface area (Å²) in [7, 11) is 0. The molecule has 0 atom stereocenters. The molecule has 13 heavy (non-hydrogen) atoms. The van der Waals surface area contributed by atoms with Crippen molar-refractivity contribution in [2.45, 2.75) is 20.1 Å². The first-order valence-corrected chi connectivity index (χ1v) is 3.83. The van der Waals surface area contributed by atoms with Crippen LogP contribution < -0.4 is 0 Å². The number of alkyl halides is 2. The zero-order valence-electron chi connectivity index (χ0n) is 7.64. The highest BCUT2D eigenvalue weighted by Gasteiger charge is 2.44. The monoisotopic (exact) mass is 190 g/mol.